The number of nitrogens with one attached hydrogen (secondary N) is 1. The average Bonchev–Trinajstić information content (AvgIpc) is 2.38. The number of benzene rings is 1. The van der Waals surface area contributed by atoms with Gasteiger partial charge in [-0.1, -0.05) is 0 Å². The fourth-order valence-corrected chi connectivity index (χ4v) is 2.29. The van der Waals surface area contributed by atoms with Crippen LogP contribution in [-0.2, 0) is 10.0 Å². The van der Waals surface area contributed by atoms with Gasteiger partial charge in [-0.15, -0.1) is 0 Å². The lowest BCUT2D eigenvalue weighted by Crippen LogP contribution is -2.13. The Kier molecular flexibility index (Phi) is 4.10. The molecule has 0 radical (unpaired) electrons. The molecule has 8 heteroatoms. The lowest BCUT2D eigenvalue weighted by molar-refractivity contribution is 0.597. The van der Waals surface area contributed by atoms with Gasteiger partial charge in [0.25, 0.3) is 0 Å². The minimum atomic E-state index is -3.77. The highest BCUT2D eigenvalue weighted by molar-refractivity contribution is 7.89. The zero-order valence-corrected chi connectivity index (χ0v) is 12.8. The first-order valence-corrected chi connectivity index (χ1v) is 7.72. The van der Waals surface area contributed by atoms with E-state index in [4.69, 9.17) is 5.14 Å². The van der Waals surface area contributed by atoms with Gasteiger partial charge < -0.3 is 10.2 Å². The van der Waals surface area contributed by atoms with Crippen molar-refractivity contribution in [3.8, 4) is 0 Å². The van der Waals surface area contributed by atoms with Crippen LogP contribution in [0.5, 0.6) is 0 Å². The molecule has 1 heterocycles. The molecule has 0 amide bonds. The Morgan fingerprint density at radius 1 is 1.19 bits per heavy atom. The van der Waals surface area contributed by atoms with Crippen LogP contribution in [0.2, 0.25) is 0 Å². The predicted molar refractivity (Wildman–Crippen MR) is 82.2 cm³/mol. The van der Waals surface area contributed by atoms with Crippen LogP contribution >= 0.6 is 0 Å². The van der Waals surface area contributed by atoms with E-state index in [1.165, 1.54) is 12.4 Å². The number of nitrogens with zero attached hydrogens (tertiary/aromatic N) is 3. The number of aromatic nitrogens is 2. The van der Waals surface area contributed by atoms with Crippen molar-refractivity contribution in [3.63, 3.8) is 0 Å². The van der Waals surface area contributed by atoms with Crippen LogP contribution in [-0.4, -0.2) is 32.5 Å². The number of nitrogens with two attached hydrogens (primary N) is 1. The second-order valence-corrected chi connectivity index (χ2v) is 6.37. The standard InChI is InChI=1S/C13H17N5O2S/c1-9-6-10(4-5-12(9)18(2)3)17-13-15-7-11(8-16-13)21(14,19)20/h4-8H,1-3H3,(H2,14,19,20)(H,15,16,17). The summed E-state index contributed by atoms with van der Waals surface area (Å²) in [7, 11) is 0.181. The van der Waals surface area contributed by atoms with Crippen molar-refractivity contribution in [2.24, 2.45) is 5.14 Å². The maximum Gasteiger partial charge on any atom is 0.241 e. The third-order valence-corrected chi connectivity index (χ3v) is 3.76. The number of primary sulfonamides is 1. The summed E-state index contributed by atoms with van der Waals surface area (Å²) < 4.78 is 22.2. The highest BCUT2D eigenvalue weighted by atomic mass is 32.2. The van der Waals surface area contributed by atoms with Gasteiger partial charge in [-0.2, -0.15) is 0 Å². The van der Waals surface area contributed by atoms with Crippen LogP contribution in [0.3, 0.4) is 0 Å². The van der Waals surface area contributed by atoms with Gasteiger partial charge in [0.05, 0.1) is 12.4 Å². The van der Waals surface area contributed by atoms with E-state index in [-0.39, 0.29) is 4.90 Å². The highest BCUT2D eigenvalue weighted by Gasteiger charge is 2.09. The molecule has 2 aromatic rings. The summed E-state index contributed by atoms with van der Waals surface area (Å²) >= 11 is 0. The minimum absolute atomic E-state index is 0.118. The second kappa shape index (κ2) is 5.66. The van der Waals surface area contributed by atoms with Crippen molar-refractivity contribution < 1.29 is 8.42 Å². The summed E-state index contributed by atoms with van der Waals surface area (Å²) in [5.74, 6) is 0.305. The van der Waals surface area contributed by atoms with Crippen LogP contribution in [0.25, 0.3) is 0 Å². The predicted octanol–water partition coefficient (Wildman–Crippen LogP) is 1.24. The quantitative estimate of drug-likeness (QED) is 0.881. The Morgan fingerprint density at radius 2 is 1.81 bits per heavy atom. The molecule has 0 saturated carbocycles. The van der Waals surface area contributed by atoms with Crippen molar-refractivity contribution in [1.29, 1.82) is 0 Å². The van der Waals surface area contributed by atoms with Crippen LogP contribution in [0.4, 0.5) is 17.3 Å². The second-order valence-electron chi connectivity index (χ2n) is 4.81. The molecule has 0 unspecified atom stereocenters. The van der Waals surface area contributed by atoms with Crippen LogP contribution in [0.1, 0.15) is 5.56 Å². The van der Waals surface area contributed by atoms with Gasteiger partial charge in [-0.25, -0.2) is 23.5 Å². The summed E-state index contributed by atoms with van der Waals surface area (Å²) in [6.07, 6.45) is 2.34. The monoisotopic (exact) mass is 307 g/mol. The van der Waals surface area contributed by atoms with E-state index in [1.807, 2.05) is 44.1 Å². The first-order valence-electron chi connectivity index (χ1n) is 6.17. The molecule has 112 valence electrons. The van der Waals surface area contributed by atoms with E-state index >= 15 is 0 Å². The topological polar surface area (TPSA) is 101 Å². The van der Waals surface area contributed by atoms with Crippen LogP contribution in [0, 0.1) is 6.92 Å². The van der Waals surface area contributed by atoms with E-state index < -0.39 is 10.0 Å². The summed E-state index contributed by atoms with van der Waals surface area (Å²) in [5, 5.41) is 8.00. The smallest absolute Gasteiger partial charge is 0.241 e. The number of hydrogen-bond donors (Lipinski definition) is 2. The summed E-state index contributed by atoms with van der Waals surface area (Å²) in [6, 6.07) is 5.85. The summed E-state index contributed by atoms with van der Waals surface area (Å²) in [5.41, 5.74) is 3.04. The van der Waals surface area contributed by atoms with Crippen molar-refractivity contribution >= 4 is 27.3 Å². The SMILES string of the molecule is Cc1cc(Nc2ncc(S(N)(=O)=O)cn2)ccc1N(C)C. The lowest BCUT2D eigenvalue weighted by atomic mass is 10.1. The lowest BCUT2D eigenvalue weighted by Gasteiger charge is -2.16. The third-order valence-electron chi connectivity index (χ3n) is 2.89. The third kappa shape index (κ3) is 3.67. The Hall–Kier alpha value is -2.19. The Bertz CT molecular complexity index is 742. The molecule has 21 heavy (non-hydrogen) atoms. The average molecular weight is 307 g/mol. The van der Waals surface area contributed by atoms with Gasteiger partial charge in [0.1, 0.15) is 4.90 Å². The molecule has 0 saturated heterocycles. The Balaban J connectivity index is 2.21. The molecule has 1 aromatic carbocycles. The minimum Gasteiger partial charge on any atom is -0.377 e. The number of sulfonamides is 1. The molecule has 0 fully saturated rings. The van der Waals surface area contributed by atoms with E-state index in [9.17, 15) is 8.42 Å². The zero-order chi connectivity index (χ0) is 15.6. The van der Waals surface area contributed by atoms with E-state index in [0.717, 1.165) is 16.9 Å². The fraction of sp³-hybridized carbons (Fsp3) is 0.231. The Labute approximate surface area is 123 Å². The van der Waals surface area contributed by atoms with Gasteiger partial charge in [0.2, 0.25) is 16.0 Å². The van der Waals surface area contributed by atoms with Gasteiger partial charge in [0, 0.05) is 25.5 Å². The maximum absolute atomic E-state index is 11.1. The number of aryl methyl sites for hydroxylation is 1. The molecule has 0 atom stereocenters. The fourth-order valence-electron chi connectivity index (χ4n) is 1.89. The zero-order valence-electron chi connectivity index (χ0n) is 12.0. The van der Waals surface area contributed by atoms with Crippen molar-refractivity contribution in [2.45, 2.75) is 11.8 Å². The molecule has 2 rings (SSSR count). The molecule has 0 aliphatic carbocycles. The molecule has 7 nitrogen and oxygen atoms in total. The maximum atomic E-state index is 11.1. The summed E-state index contributed by atoms with van der Waals surface area (Å²) in [4.78, 5) is 9.78. The Morgan fingerprint density at radius 3 is 2.29 bits per heavy atom. The first kappa shape index (κ1) is 15.2. The number of rotatable bonds is 4. The molecule has 0 aliphatic heterocycles. The number of hydrogen-bond acceptors (Lipinski definition) is 6. The molecule has 0 spiro atoms. The van der Waals surface area contributed by atoms with Crippen molar-refractivity contribution in [1.82, 2.24) is 9.97 Å². The van der Waals surface area contributed by atoms with E-state index in [2.05, 4.69) is 15.3 Å². The molecule has 0 aliphatic rings. The van der Waals surface area contributed by atoms with Gasteiger partial charge >= 0.3 is 0 Å². The van der Waals surface area contributed by atoms with Gasteiger partial charge in [-0.05, 0) is 30.7 Å². The van der Waals surface area contributed by atoms with Crippen molar-refractivity contribution in [2.75, 3.05) is 24.3 Å². The molecular formula is C13H17N5O2S. The van der Waals surface area contributed by atoms with Gasteiger partial charge in [-0.3, -0.25) is 0 Å². The highest BCUT2D eigenvalue weighted by Crippen LogP contribution is 2.23. The molecule has 0 bridgehead atoms. The van der Waals surface area contributed by atoms with E-state index in [1.54, 1.807) is 0 Å². The van der Waals surface area contributed by atoms with Crippen LogP contribution in [0.15, 0.2) is 35.5 Å². The summed E-state index contributed by atoms with van der Waals surface area (Å²) in [6.45, 7) is 2.01. The first-order chi connectivity index (χ1) is 9.77. The van der Waals surface area contributed by atoms with Gasteiger partial charge in [0.15, 0.2) is 0 Å². The molecule has 3 N–H and O–H groups in total. The van der Waals surface area contributed by atoms with Crippen molar-refractivity contribution in [3.05, 3.63) is 36.2 Å². The molecular weight excluding hydrogens is 290 g/mol. The largest absolute Gasteiger partial charge is 0.377 e. The van der Waals surface area contributed by atoms with Crippen LogP contribution < -0.4 is 15.4 Å². The normalized spacial score (nSPS) is 11.2. The number of anilines is 3. The molecule has 1 aromatic heterocycles. The van der Waals surface area contributed by atoms with E-state index in [0.29, 0.717) is 5.95 Å².